The Kier molecular flexibility index (Phi) is 5.67. The fraction of sp³-hybridized carbons (Fsp3) is 0.353. The van der Waals surface area contributed by atoms with Gasteiger partial charge in [0.25, 0.3) is 11.1 Å². The van der Waals surface area contributed by atoms with E-state index in [4.69, 9.17) is 4.74 Å². The van der Waals surface area contributed by atoms with E-state index in [9.17, 15) is 14.4 Å². The van der Waals surface area contributed by atoms with E-state index in [1.54, 1.807) is 18.1 Å². The van der Waals surface area contributed by atoms with Crippen molar-refractivity contribution in [3.63, 3.8) is 0 Å². The molecule has 0 N–H and O–H groups in total. The predicted octanol–water partition coefficient (Wildman–Crippen LogP) is 2.96. The number of benzene rings is 1. The lowest BCUT2D eigenvalue weighted by molar-refractivity contribution is -0.135. The zero-order chi connectivity index (χ0) is 18.0. The summed E-state index contributed by atoms with van der Waals surface area (Å²) < 4.78 is 6.13. The van der Waals surface area contributed by atoms with Crippen LogP contribution in [0.2, 0.25) is 0 Å². The van der Waals surface area contributed by atoms with Gasteiger partial charge in [0.2, 0.25) is 5.91 Å². The Morgan fingerprint density at radius 1 is 1.32 bits per heavy atom. The number of methoxy groups -OCH3 is 1. The minimum absolute atomic E-state index is 0.167. The lowest BCUT2D eigenvalue weighted by atomic mass is 10.2. The zero-order valence-corrected chi connectivity index (χ0v) is 16.6. The molecular formula is C17H17IN2O4S. The van der Waals surface area contributed by atoms with Gasteiger partial charge in [-0.25, -0.2) is 0 Å². The van der Waals surface area contributed by atoms with Gasteiger partial charge in [-0.1, -0.05) is 6.07 Å². The molecule has 0 saturated carbocycles. The summed E-state index contributed by atoms with van der Waals surface area (Å²) in [6.45, 7) is 1.23. The molecular weight excluding hydrogens is 455 g/mol. The molecule has 0 atom stereocenters. The van der Waals surface area contributed by atoms with Gasteiger partial charge in [-0.15, -0.1) is 0 Å². The minimum atomic E-state index is -0.409. The van der Waals surface area contributed by atoms with E-state index < -0.39 is 11.1 Å². The van der Waals surface area contributed by atoms with Crippen molar-refractivity contribution in [1.29, 1.82) is 0 Å². The SMILES string of the molecule is COc1ccc(/C=C2\SC(=O)N(CC(=O)N3CCCC3)C2=O)cc1I. The van der Waals surface area contributed by atoms with Crippen molar-refractivity contribution >= 4 is 57.5 Å². The number of nitrogens with zero attached hydrogens (tertiary/aromatic N) is 2. The summed E-state index contributed by atoms with van der Waals surface area (Å²) >= 11 is 3.02. The van der Waals surface area contributed by atoms with Crippen molar-refractivity contribution in [1.82, 2.24) is 9.80 Å². The standard InChI is InChI=1S/C17H17IN2O4S/c1-24-13-5-4-11(8-12(13)18)9-14-16(22)20(17(23)25-14)10-15(21)19-6-2-3-7-19/h4-5,8-9H,2-3,6-7,10H2,1H3/b14-9-. The number of hydrogen-bond acceptors (Lipinski definition) is 5. The molecule has 2 heterocycles. The van der Waals surface area contributed by atoms with Gasteiger partial charge < -0.3 is 9.64 Å². The van der Waals surface area contributed by atoms with Crippen LogP contribution < -0.4 is 4.74 Å². The fourth-order valence-corrected chi connectivity index (χ4v) is 4.36. The Balaban J connectivity index is 1.74. The highest BCUT2D eigenvalue weighted by Gasteiger charge is 2.37. The fourth-order valence-electron chi connectivity index (χ4n) is 2.76. The molecule has 8 heteroatoms. The highest BCUT2D eigenvalue weighted by molar-refractivity contribution is 14.1. The summed E-state index contributed by atoms with van der Waals surface area (Å²) in [7, 11) is 1.60. The van der Waals surface area contributed by atoms with Crippen molar-refractivity contribution in [3.05, 3.63) is 32.2 Å². The summed E-state index contributed by atoms with van der Waals surface area (Å²) in [6.07, 6.45) is 3.63. The summed E-state index contributed by atoms with van der Waals surface area (Å²) in [5, 5.41) is -0.396. The van der Waals surface area contributed by atoms with E-state index >= 15 is 0 Å². The summed E-state index contributed by atoms with van der Waals surface area (Å²) in [5.74, 6) is 0.176. The van der Waals surface area contributed by atoms with Crippen LogP contribution in [-0.4, -0.2) is 53.6 Å². The molecule has 0 bridgehead atoms. The first-order chi connectivity index (χ1) is 12.0. The van der Waals surface area contributed by atoms with E-state index in [0.29, 0.717) is 18.0 Å². The molecule has 25 heavy (non-hydrogen) atoms. The quantitative estimate of drug-likeness (QED) is 0.498. The van der Waals surface area contributed by atoms with E-state index in [-0.39, 0.29) is 12.5 Å². The van der Waals surface area contributed by atoms with E-state index in [1.807, 2.05) is 18.2 Å². The first-order valence-electron chi connectivity index (χ1n) is 7.86. The third-order valence-corrected chi connectivity index (χ3v) is 5.85. The number of rotatable bonds is 4. The number of carbonyl (C=O) groups is 3. The number of carbonyl (C=O) groups excluding carboxylic acids is 3. The maximum atomic E-state index is 12.5. The average Bonchev–Trinajstić information content (AvgIpc) is 3.20. The van der Waals surface area contributed by atoms with Crippen LogP contribution in [-0.2, 0) is 9.59 Å². The van der Waals surface area contributed by atoms with Crippen molar-refractivity contribution in [2.45, 2.75) is 12.8 Å². The number of halogens is 1. The molecule has 0 radical (unpaired) electrons. The Labute approximate surface area is 163 Å². The molecule has 3 amide bonds. The van der Waals surface area contributed by atoms with Crippen molar-refractivity contribution in [2.24, 2.45) is 0 Å². The smallest absolute Gasteiger partial charge is 0.294 e. The van der Waals surface area contributed by atoms with Gasteiger partial charge in [-0.3, -0.25) is 19.3 Å². The molecule has 0 unspecified atom stereocenters. The molecule has 2 saturated heterocycles. The topological polar surface area (TPSA) is 66.9 Å². The lowest BCUT2D eigenvalue weighted by Crippen LogP contribution is -2.40. The Morgan fingerprint density at radius 3 is 2.68 bits per heavy atom. The highest BCUT2D eigenvalue weighted by Crippen LogP contribution is 2.33. The summed E-state index contributed by atoms with van der Waals surface area (Å²) in [4.78, 5) is 39.9. The number of thioether (sulfide) groups is 1. The van der Waals surface area contributed by atoms with Crippen LogP contribution in [0.4, 0.5) is 4.79 Å². The molecule has 132 valence electrons. The molecule has 3 rings (SSSR count). The van der Waals surface area contributed by atoms with Gasteiger partial charge in [-0.05, 0) is 71.0 Å². The van der Waals surface area contributed by atoms with E-state index in [2.05, 4.69) is 22.6 Å². The second-order valence-electron chi connectivity index (χ2n) is 5.75. The van der Waals surface area contributed by atoms with Crippen LogP contribution in [0.25, 0.3) is 6.08 Å². The second kappa shape index (κ2) is 7.77. The van der Waals surface area contributed by atoms with Crippen molar-refractivity contribution in [3.8, 4) is 5.75 Å². The Bertz CT molecular complexity index is 759. The molecule has 0 aromatic heterocycles. The molecule has 0 spiro atoms. The van der Waals surface area contributed by atoms with Gasteiger partial charge >= 0.3 is 0 Å². The van der Waals surface area contributed by atoms with Crippen LogP contribution in [0.15, 0.2) is 23.1 Å². The van der Waals surface area contributed by atoms with Gasteiger partial charge in [-0.2, -0.15) is 0 Å². The highest BCUT2D eigenvalue weighted by atomic mass is 127. The van der Waals surface area contributed by atoms with Gasteiger partial charge in [0.1, 0.15) is 12.3 Å². The van der Waals surface area contributed by atoms with E-state index in [0.717, 1.165) is 44.4 Å². The molecule has 1 aromatic carbocycles. The van der Waals surface area contributed by atoms with Crippen LogP contribution in [0.5, 0.6) is 5.75 Å². The second-order valence-corrected chi connectivity index (χ2v) is 7.91. The molecule has 2 aliphatic heterocycles. The molecule has 0 aliphatic carbocycles. The minimum Gasteiger partial charge on any atom is -0.496 e. The Morgan fingerprint density at radius 2 is 2.04 bits per heavy atom. The van der Waals surface area contributed by atoms with Crippen LogP contribution in [0.1, 0.15) is 18.4 Å². The third kappa shape index (κ3) is 4.00. The van der Waals surface area contributed by atoms with Crippen molar-refractivity contribution in [2.75, 3.05) is 26.7 Å². The monoisotopic (exact) mass is 472 g/mol. The normalized spacial score (nSPS) is 19.2. The predicted molar refractivity (Wildman–Crippen MR) is 104 cm³/mol. The van der Waals surface area contributed by atoms with Crippen molar-refractivity contribution < 1.29 is 19.1 Å². The molecule has 6 nitrogen and oxygen atoms in total. The molecule has 2 fully saturated rings. The lowest BCUT2D eigenvalue weighted by Gasteiger charge is -2.18. The maximum absolute atomic E-state index is 12.5. The Hall–Kier alpha value is -1.55. The summed E-state index contributed by atoms with van der Waals surface area (Å²) in [5.41, 5.74) is 0.807. The molecule has 2 aliphatic rings. The largest absolute Gasteiger partial charge is 0.496 e. The maximum Gasteiger partial charge on any atom is 0.294 e. The summed E-state index contributed by atoms with van der Waals surface area (Å²) in [6, 6.07) is 5.52. The number of ether oxygens (including phenoxy) is 1. The first kappa shape index (κ1) is 18.2. The van der Waals surface area contributed by atoms with Gasteiger partial charge in [0.15, 0.2) is 0 Å². The van der Waals surface area contributed by atoms with E-state index in [1.165, 1.54) is 0 Å². The number of imide groups is 1. The first-order valence-corrected chi connectivity index (χ1v) is 9.76. The number of hydrogen-bond donors (Lipinski definition) is 0. The van der Waals surface area contributed by atoms with Crippen LogP contribution >= 0.6 is 34.4 Å². The molecule has 1 aromatic rings. The van der Waals surface area contributed by atoms with Crippen LogP contribution in [0, 0.1) is 3.57 Å². The van der Waals surface area contributed by atoms with Crippen LogP contribution in [0.3, 0.4) is 0 Å². The number of likely N-dealkylation sites (tertiary alicyclic amines) is 1. The van der Waals surface area contributed by atoms with Gasteiger partial charge in [0.05, 0.1) is 15.6 Å². The number of amides is 3. The average molecular weight is 472 g/mol. The third-order valence-electron chi connectivity index (χ3n) is 4.10. The van der Waals surface area contributed by atoms with Gasteiger partial charge in [0, 0.05) is 13.1 Å². The zero-order valence-electron chi connectivity index (χ0n) is 13.7.